The van der Waals surface area contributed by atoms with E-state index >= 15 is 0 Å². The Morgan fingerprint density at radius 1 is 0.976 bits per heavy atom. The minimum atomic E-state index is -3.81. The monoisotopic (exact) mass is 584 g/mol. The van der Waals surface area contributed by atoms with Crippen molar-refractivity contribution < 1.29 is 31.7 Å². The van der Waals surface area contributed by atoms with Gasteiger partial charge in [0.25, 0.3) is 10.1 Å². The molecule has 5 rings (SSSR count). The number of hydrogen-bond acceptors (Lipinski definition) is 7. The molecule has 224 valence electrons. The third-order valence-corrected chi connectivity index (χ3v) is 12.1. The lowest BCUT2D eigenvalue weighted by Crippen LogP contribution is -2.54. The summed E-state index contributed by atoms with van der Waals surface area (Å²) in [7, 11) is -3.81. The van der Waals surface area contributed by atoms with Crippen LogP contribution in [0.2, 0.25) is 0 Å². The van der Waals surface area contributed by atoms with E-state index in [1.54, 1.807) is 24.3 Å². The van der Waals surface area contributed by atoms with E-state index in [-0.39, 0.29) is 58.3 Å². The number of allylic oxidation sites excluding steroid dienone is 3. The van der Waals surface area contributed by atoms with Crippen LogP contribution in [0.1, 0.15) is 78.7 Å². The van der Waals surface area contributed by atoms with Gasteiger partial charge in [-0.25, -0.2) is 0 Å². The van der Waals surface area contributed by atoms with Gasteiger partial charge in [-0.05, 0) is 73.8 Å². The Morgan fingerprint density at radius 3 is 2.32 bits per heavy atom. The molecule has 8 heteroatoms. The first-order chi connectivity index (χ1) is 19.3. The summed E-state index contributed by atoms with van der Waals surface area (Å²) >= 11 is 0. The standard InChI is InChI=1S/C33H44O7S/c1-20-7-10-26(11-8-20)41(36,37)38-19-21(2)28-13-14-29-27-12-9-24-17-25(39-22(3)34)18-31(40-23(4)35)33(24,6)30(27)15-16-32(28,29)5/h7-12,21,25,28-31H,13-19H2,1-6H3/t21?,25?,28-,29+,30+,31?,32-,33+/m1/s1. The highest BCUT2D eigenvalue weighted by atomic mass is 32.2. The largest absolute Gasteiger partial charge is 0.462 e. The van der Waals surface area contributed by atoms with Crippen molar-refractivity contribution in [2.24, 2.45) is 34.5 Å². The molecule has 0 saturated heterocycles. The third-order valence-electron chi connectivity index (χ3n) is 10.8. The van der Waals surface area contributed by atoms with Crippen molar-refractivity contribution in [3.63, 3.8) is 0 Å². The smallest absolute Gasteiger partial charge is 0.302 e. The molecule has 0 radical (unpaired) electrons. The highest BCUT2D eigenvalue weighted by molar-refractivity contribution is 7.86. The van der Waals surface area contributed by atoms with Crippen LogP contribution in [0.15, 0.2) is 52.5 Å². The zero-order valence-electron chi connectivity index (χ0n) is 25.1. The summed E-state index contributed by atoms with van der Waals surface area (Å²) in [5.41, 5.74) is 3.31. The van der Waals surface area contributed by atoms with Crippen LogP contribution >= 0.6 is 0 Å². The number of ether oxygens (including phenoxy) is 2. The van der Waals surface area contributed by atoms with Crippen molar-refractivity contribution in [2.45, 2.75) is 97.2 Å². The average Bonchev–Trinajstić information content (AvgIpc) is 3.25. The second kappa shape index (κ2) is 11.0. The summed E-state index contributed by atoms with van der Waals surface area (Å²) in [5.74, 6) is 0.413. The SMILES string of the molecule is CC(=O)OC1CC2=CC=C3[C@@H]4CC[C@H](C(C)COS(=O)(=O)c5ccc(C)cc5)[C@@]4(C)CC[C@@H]3[C@@]2(C)C(OC(C)=O)C1. The van der Waals surface area contributed by atoms with Crippen molar-refractivity contribution in [3.05, 3.63) is 53.1 Å². The van der Waals surface area contributed by atoms with E-state index in [9.17, 15) is 18.0 Å². The second-order valence-electron chi connectivity index (χ2n) is 13.3. The van der Waals surface area contributed by atoms with E-state index in [2.05, 4.69) is 32.9 Å². The fourth-order valence-electron chi connectivity index (χ4n) is 8.76. The highest BCUT2D eigenvalue weighted by Crippen LogP contribution is 2.66. The summed E-state index contributed by atoms with van der Waals surface area (Å²) in [6, 6.07) is 6.77. The number of fused-ring (bicyclic) bond motifs is 5. The maximum Gasteiger partial charge on any atom is 0.302 e. The fraction of sp³-hybridized carbons (Fsp3) is 0.636. The lowest BCUT2D eigenvalue weighted by atomic mass is 9.49. The molecule has 0 bridgehead atoms. The van der Waals surface area contributed by atoms with Gasteiger partial charge in [0.1, 0.15) is 12.2 Å². The Labute approximate surface area is 244 Å². The Balaban J connectivity index is 1.36. The van der Waals surface area contributed by atoms with Gasteiger partial charge in [0, 0.05) is 32.1 Å². The first-order valence-electron chi connectivity index (χ1n) is 15.0. The molecule has 8 atom stereocenters. The van der Waals surface area contributed by atoms with Gasteiger partial charge in [-0.1, -0.05) is 61.8 Å². The van der Waals surface area contributed by atoms with Gasteiger partial charge in [-0.15, -0.1) is 0 Å². The first-order valence-corrected chi connectivity index (χ1v) is 16.4. The molecule has 3 fully saturated rings. The molecule has 41 heavy (non-hydrogen) atoms. The van der Waals surface area contributed by atoms with Gasteiger partial charge in [0.05, 0.1) is 11.5 Å². The van der Waals surface area contributed by atoms with Gasteiger partial charge in [-0.2, -0.15) is 8.42 Å². The molecule has 0 heterocycles. The number of carbonyl (C=O) groups is 2. The van der Waals surface area contributed by atoms with Crippen molar-refractivity contribution >= 4 is 22.1 Å². The number of hydrogen-bond donors (Lipinski definition) is 0. The Hall–Kier alpha value is -2.45. The molecule has 7 nitrogen and oxygen atoms in total. The molecule has 0 aliphatic heterocycles. The summed E-state index contributed by atoms with van der Waals surface area (Å²) in [4.78, 5) is 24.1. The van der Waals surface area contributed by atoms with E-state index < -0.39 is 10.1 Å². The van der Waals surface area contributed by atoms with Crippen LogP contribution in [-0.4, -0.2) is 39.2 Å². The molecule has 3 unspecified atom stereocenters. The van der Waals surface area contributed by atoms with Gasteiger partial charge >= 0.3 is 11.9 Å². The Kier molecular flexibility index (Phi) is 8.05. The third kappa shape index (κ3) is 5.42. The zero-order chi connectivity index (χ0) is 29.7. The van der Waals surface area contributed by atoms with Crippen LogP contribution in [0.3, 0.4) is 0 Å². The first kappa shape index (κ1) is 30.0. The molecule has 1 aromatic carbocycles. The number of benzene rings is 1. The van der Waals surface area contributed by atoms with Gasteiger partial charge in [0.15, 0.2) is 0 Å². The maximum atomic E-state index is 12.9. The molecule has 4 aliphatic carbocycles. The number of esters is 2. The fourth-order valence-corrected chi connectivity index (χ4v) is 9.76. The van der Waals surface area contributed by atoms with E-state index in [0.29, 0.717) is 24.7 Å². The number of rotatable bonds is 7. The minimum absolute atomic E-state index is 0.0340. The lowest BCUT2D eigenvalue weighted by Gasteiger charge is -2.57. The molecular formula is C33H44O7S. The molecule has 0 spiro atoms. The summed E-state index contributed by atoms with van der Waals surface area (Å²) in [6.07, 6.45) is 9.03. The van der Waals surface area contributed by atoms with E-state index in [4.69, 9.17) is 13.7 Å². The number of carbonyl (C=O) groups excluding carboxylic acids is 2. The zero-order valence-corrected chi connectivity index (χ0v) is 26.0. The van der Waals surface area contributed by atoms with Crippen molar-refractivity contribution in [1.29, 1.82) is 0 Å². The Bertz CT molecular complexity index is 1360. The van der Waals surface area contributed by atoms with Crippen molar-refractivity contribution in [1.82, 2.24) is 0 Å². The predicted octanol–water partition coefficient (Wildman–Crippen LogP) is 6.31. The molecule has 4 aliphatic rings. The van der Waals surface area contributed by atoms with Gasteiger partial charge in [-0.3, -0.25) is 13.8 Å². The molecule has 0 N–H and O–H groups in total. The normalized spacial score (nSPS) is 35.2. The summed E-state index contributed by atoms with van der Waals surface area (Å²) in [5, 5.41) is 0. The van der Waals surface area contributed by atoms with Crippen LogP contribution < -0.4 is 0 Å². The van der Waals surface area contributed by atoms with Gasteiger partial charge in [0.2, 0.25) is 0 Å². The number of aryl methyl sites for hydroxylation is 1. The Morgan fingerprint density at radius 2 is 1.66 bits per heavy atom. The molecular weight excluding hydrogens is 540 g/mol. The molecule has 0 amide bonds. The van der Waals surface area contributed by atoms with Crippen LogP contribution in [0.4, 0.5) is 0 Å². The maximum absolute atomic E-state index is 12.9. The average molecular weight is 585 g/mol. The van der Waals surface area contributed by atoms with Crippen molar-refractivity contribution in [3.8, 4) is 0 Å². The van der Waals surface area contributed by atoms with E-state index in [1.165, 1.54) is 25.0 Å². The molecule has 0 aromatic heterocycles. The minimum Gasteiger partial charge on any atom is -0.462 e. The highest BCUT2D eigenvalue weighted by Gasteiger charge is 2.60. The quantitative estimate of drug-likeness (QED) is 0.274. The van der Waals surface area contributed by atoms with Crippen LogP contribution in [0.5, 0.6) is 0 Å². The van der Waals surface area contributed by atoms with Gasteiger partial charge < -0.3 is 9.47 Å². The van der Waals surface area contributed by atoms with Crippen LogP contribution in [0.25, 0.3) is 0 Å². The van der Waals surface area contributed by atoms with E-state index in [0.717, 1.165) is 31.2 Å². The van der Waals surface area contributed by atoms with Crippen molar-refractivity contribution in [2.75, 3.05) is 6.61 Å². The lowest BCUT2D eigenvalue weighted by molar-refractivity contribution is -0.165. The van der Waals surface area contributed by atoms with E-state index in [1.807, 2.05) is 6.92 Å². The molecule has 1 aromatic rings. The summed E-state index contributed by atoms with van der Waals surface area (Å²) in [6.45, 7) is 11.7. The summed E-state index contributed by atoms with van der Waals surface area (Å²) < 4.78 is 42.9. The predicted molar refractivity (Wildman–Crippen MR) is 155 cm³/mol. The molecule has 3 saturated carbocycles. The van der Waals surface area contributed by atoms with Crippen LogP contribution in [-0.2, 0) is 33.4 Å². The van der Waals surface area contributed by atoms with Crippen LogP contribution in [0, 0.1) is 41.4 Å². The second-order valence-corrected chi connectivity index (χ2v) is 14.9. The topological polar surface area (TPSA) is 96.0 Å².